The van der Waals surface area contributed by atoms with E-state index in [1.165, 1.54) is 6.92 Å². The van der Waals surface area contributed by atoms with Gasteiger partial charge in [-0.2, -0.15) is 24.9 Å². The Morgan fingerprint density at radius 3 is 2.72 bits per heavy atom. The van der Waals surface area contributed by atoms with Crippen molar-refractivity contribution in [3.05, 3.63) is 17.6 Å². The van der Waals surface area contributed by atoms with Crippen LogP contribution in [0.2, 0.25) is 0 Å². The van der Waals surface area contributed by atoms with E-state index in [2.05, 4.69) is 9.97 Å². The lowest BCUT2D eigenvalue weighted by molar-refractivity contribution is -0.141. The predicted molar refractivity (Wildman–Crippen MR) is 63.8 cm³/mol. The molecule has 3 rings (SSSR count). The van der Waals surface area contributed by atoms with E-state index in [9.17, 15) is 13.2 Å². The number of nitrogens with zero attached hydrogens (tertiary/aromatic N) is 3. The van der Waals surface area contributed by atoms with Crippen molar-refractivity contribution < 1.29 is 13.2 Å². The summed E-state index contributed by atoms with van der Waals surface area (Å²) < 4.78 is 38.1. The molecule has 0 N–H and O–H groups in total. The number of rotatable bonds is 1. The summed E-state index contributed by atoms with van der Waals surface area (Å²) in [4.78, 5) is 9.62. The summed E-state index contributed by atoms with van der Waals surface area (Å²) in [5.74, 6) is 1.58. The highest BCUT2D eigenvalue weighted by molar-refractivity contribution is 8.00. The molecule has 0 aromatic carbocycles. The zero-order chi connectivity index (χ0) is 12.9. The number of aromatic nitrogens is 2. The normalized spacial score (nSPS) is 27.0. The second-order valence-electron chi connectivity index (χ2n) is 4.65. The van der Waals surface area contributed by atoms with Crippen molar-refractivity contribution in [3.8, 4) is 0 Å². The minimum Gasteiger partial charge on any atom is -0.352 e. The maximum absolute atomic E-state index is 12.7. The molecule has 2 saturated heterocycles. The van der Waals surface area contributed by atoms with Gasteiger partial charge in [-0.25, -0.2) is 9.97 Å². The van der Waals surface area contributed by atoms with Gasteiger partial charge in [-0.15, -0.1) is 0 Å². The number of fused-ring (bicyclic) bond motifs is 2. The van der Waals surface area contributed by atoms with Gasteiger partial charge in [0.15, 0.2) is 0 Å². The molecule has 0 spiro atoms. The first-order chi connectivity index (χ1) is 8.43. The van der Waals surface area contributed by atoms with Gasteiger partial charge < -0.3 is 4.90 Å². The quantitative estimate of drug-likeness (QED) is 0.787. The Morgan fingerprint density at radius 1 is 1.39 bits per heavy atom. The number of anilines is 1. The van der Waals surface area contributed by atoms with Gasteiger partial charge in [0.25, 0.3) is 0 Å². The zero-order valence-electron chi connectivity index (χ0n) is 9.74. The third-order valence-electron chi connectivity index (χ3n) is 3.31. The topological polar surface area (TPSA) is 29.0 Å². The van der Waals surface area contributed by atoms with Crippen LogP contribution in [0.15, 0.2) is 6.07 Å². The molecule has 2 aliphatic rings. The summed E-state index contributed by atoms with van der Waals surface area (Å²) in [6, 6.07) is 1.40. The molecule has 0 radical (unpaired) electrons. The Morgan fingerprint density at radius 2 is 2.17 bits per heavy atom. The second-order valence-corrected chi connectivity index (χ2v) is 5.99. The molecule has 2 fully saturated rings. The third kappa shape index (κ3) is 2.04. The fourth-order valence-corrected chi connectivity index (χ4v) is 3.96. The van der Waals surface area contributed by atoms with Gasteiger partial charge in [-0.1, -0.05) is 0 Å². The zero-order valence-corrected chi connectivity index (χ0v) is 10.6. The van der Waals surface area contributed by atoms with Crippen LogP contribution in [0, 0.1) is 6.92 Å². The molecule has 2 unspecified atom stereocenters. The number of alkyl halides is 3. The van der Waals surface area contributed by atoms with Gasteiger partial charge in [-0.05, 0) is 13.3 Å². The average Bonchev–Trinajstić information content (AvgIpc) is 2.88. The fraction of sp³-hybridized carbons (Fsp3) is 0.636. The van der Waals surface area contributed by atoms with Crippen LogP contribution in [0.3, 0.4) is 0 Å². The van der Waals surface area contributed by atoms with E-state index in [0.29, 0.717) is 17.1 Å². The van der Waals surface area contributed by atoms with Crippen molar-refractivity contribution in [1.82, 2.24) is 9.97 Å². The second kappa shape index (κ2) is 4.01. The van der Waals surface area contributed by atoms with E-state index in [-0.39, 0.29) is 5.82 Å². The molecule has 3 nitrogen and oxygen atoms in total. The Hall–Kier alpha value is -0.980. The van der Waals surface area contributed by atoms with Crippen LogP contribution in [0.25, 0.3) is 0 Å². The molecule has 18 heavy (non-hydrogen) atoms. The molecule has 2 aliphatic heterocycles. The van der Waals surface area contributed by atoms with E-state index < -0.39 is 11.9 Å². The highest BCUT2D eigenvalue weighted by Gasteiger charge is 2.40. The van der Waals surface area contributed by atoms with Crippen LogP contribution in [0.4, 0.5) is 19.0 Å². The molecule has 0 saturated carbocycles. The molecule has 3 heterocycles. The monoisotopic (exact) mass is 275 g/mol. The molecule has 0 aliphatic carbocycles. The lowest BCUT2D eigenvalue weighted by atomic mass is 10.2. The van der Waals surface area contributed by atoms with Gasteiger partial charge in [-0.3, -0.25) is 0 Å². The van der Waals surface area contributed by atoms with Crippen LogP contribution >= 0.6 is 11.8 Å². The van der Waals surface area contributed by atoms with E-state index >= 15 is 0 Å². The predicted octanol–water partition coefficient (Wildman–Crippen LogP) is 2.50. The lowest BCUT2D eigenvalue weighted by Gasteiger charge is -2.28. The van der Waals surface area contributed by atoms with Crippen molar-refractivity contribution in [2.45, 2.75) is 30.8 Å². The van der Waals surface area contributed by atoms with E-state index in [1.54, 1.807) is 0 Å². The van der Waals surface area contributed by atoms with Crippen molar-refractivity contribution in [1.29, 1.82) is 0 Å². The van der Waals surface area contributed by atoms with Gasteiger partial charge in [0.05, 0.1) is 0 Å². The highest BCUT2D eigenvalue weighted by atomic mass is 32.2. The largest absolute Gasteiger partial charge is 0.433 e. The summed E-state index contributed by atoms with van der Waals surface area (Å²) >= 11 is 1.90. The maximum Gasteiger partial charge on any atom is 0.433 e. The molecule has 1 aromatic heterocycles. The number of hydrogen-bond acceptors (Lipinski definition) is 4. The third-order valence-corrected chi connectivity index (χ3v) is 4.70. The molecular weight excluding hydrogens is 263 g/mol. The summed E-state index contributed by atoms with van der Waals surface area (Å²) in [5.41, 5.74) is -0.847. The number of hydrogen-bond donors (Lipinski definition) is 0. The maximum atomic E-state index is 12.7. The van der Waals surface area contributed by atoms with Crippen LogP contribution < -0.4 is 4.90 Å². The summed E-state index contributed by atoms with van der Waals surface area (Å²) in [6.07, 6.45) is -3.36. The minimum atomic E-state index is -4.41. The number of aryl methyl sites for hydroxylation is 1. The number of halogens is 3. The van der Waals surface area contributed by atoms with Crippen LogP contribution in [-0.4, -0.2) is 33.6 Å². The van der Waals surface area contributed by atoms with Gasteiger partial charge >= 0.3 is 6.18 Å². The molecule has 2 bridgehead atoms. The summed E-state index contributed by atoms with van der Waals surface area (Å²) in [7, 11) is 0. The molecule has 2 atom stereocenters. The summed E-state index contributed by atoms with van der Waals surface area (Å²) in [6.45, 7) is 2.30. The smallest absolute Gasteiger partial charge is 0.352 e. The SMILES string of the molecule is Cc1nc(N2CC3CC2CS3)cc(C(F)(F)F)n1. The first kappa shape index (κ1) is 12.1. The Kier molecular flexibility index (Phi) is 2.69. The molecule has 7 heteroatoms. The Balaban J connectivity index is 1.95. The lowest BCUT2D eigenvalue weighted by Crippen LogP contribution is -2.35. The van der Waals surface area contributed by atoms with Crippen molar-refractivity contribution in [3.63, 3.8) is 0 Å². The Labute approximate surface area is 107 Å². The Bertz CT molecular complexity index is 477. The standard InChI is InChI=1S/C11H12F3N3S/c1-6-15-9(11(12,13)14)3-10(16-6)17-4-8-2-7(17)5-18-8/h3,7-8H,2,4-5H2,1H3. The van der Waals surface area contributed by atoms with Crippen LogP contribution in [0.5, 0.6) is 0 Å². The van der Waals surface area contributed by atoms with Gasteiger partial charge in [0, 0.05) is 29.7 Å². The van der Waals surface area contributed by atoms with Crippen LogP contribution in [-0.2, 0) is 6.18 Å². The average molecular weight is 275 g/mol. The highest BCUT2D eigenvalue weighted by Crippen LogP contribution is 2.40. The first-order valence-electron chi connectivity index (χ1n) is 5.74. The summed E-state index contributed by atoms with van der Waals surface area (Å²) in [5, 5.41) is 0.541. The van der Waals surface area contributed by atoms with Gasteiger partial charge in [0.2, 0.25) is 0 Å². The first-order valence-corrected chi connectivity index (χ1v) is 6.79. The molecular formula is C11H12F3N3S. The van der Waals surface area contributed by atoms with E-state index in [4.69, 9.17) is 0 Å². The molecule has 1 aromatic rings. The van der Waals surface area contributed by atoms with Gasteiger partial charge in [0.1, 0.15) is 17.3 Å². The van der Waals surface area contributed by atoms with E-state index in [0.717, 1.165) is 24.8 Å². The molecule has 0 amide bonds. The van der Waals surface area contributed by atoms with Crippen molar-refractivity contribution >= 4 is 17.6 Å². The van der Waals surface area contributed by atoms with Crippen molar-refractivity contribution in [2.75, 3.05) is 17.2 Å². The minimum absolute atomic E-state index is 0.176. The van der Waals surface area contributed by atoms with Crippen molar-refractivity contribution in [2.24, 2.45) is 0 Å². The number of thioether (sulfide) groups is 1. The fourth-order valence-electron chi connectivity index (χ4n) is 2.52. The molecule has 98 valence electrons. The van der Waals surface area contributed by atoms with E-state index in [1.807, 2.05) is 16.7 Å². The van der Waals surface area contributed by atoms with Crippen LogP contribution in [0.1, 0.15) is 17.9 Å².